The number of carbonyl (C=O) groups excluding carboxylic acids is 1. The Balaban J connectivity index is 1.76. The molecule has 0 aliphatic heterocycles. The number of nitrogens with zero attached hydrogens (tertiary/aromatic N) is 1. The minimum absolute atomic E-state index is 0.0887. The fraction of sp³-hybridized carbons (Fsp3) is 0.182. The largest absolute Gasteiger partial charge is 0.322 e. The molecule has 1 N–H and O–H groups in total. The number of rotatable bonds is 5. The lowest BCUT2D eigenvalue weighted by atomic mass is 10.0. The Labute approximate surface area is 165 Å². The van der Waals surface area contributed by atoms with Crippen molar-refractivity contribution in [2.75, 3.05) is 5.32 Å². The van der Waals surface area contributed by atoms with Gasteiger partial charge in [0.25, 0.3) is 5.91 Å². The number of pyridine rings is 1. The van der Waals surface area contributed by atoms with Gasteiger partial charge in [-0.1, -0.05) is 43.7 Å². The molecular formula is C22H22N2O3S. The van der Waals surface area contributed by atoms with Crippen LogP contribution in [0.25, 0.3) is 0 Å². The second-order valence-corrected chi connectivity index (χ2v) is 8.83. The SMILES string of the molecule is Cc1ccc(S(=O)(=O)c2ccc(C(=O)Nc3ccc(C(C)C)cc3)cn2)cc1. The van der Waals surface area contributed by atoms with Crippen molar-refractivity contribution < 1.29 is 13.2 Å². The van der Waals surface area contributed by atoms with E-state index in [-0.39, 0.29) is 21.4 Å². The van der Waals surface area contributed by atoms with Gasteiger partial charge in [-0.05, 0) is 54.8 Å². The van der Waals surface area contributed by atoms with Gasteiger partial charge in [-0.15, -0.1) is 0 Å². The average molecular weight is 394 g/mol. The number of nitrogens with one attached hydrogen (secondary N) is 1. The number of hydrogen-bond donors (Lipinski definition) is 1. The van der Waals surface area contributed by atoms with Crippen molar-refractivity contribution in [3.05, 3.63) is 83.6 Å². The van der Waals surface area contributed by atoms with Crippen molar-refractivity contribution in [3.63, 3.8) is 0 Å². The molecule has 0 spiro atoms. The first kappa shape index (κ1) is 19.8. The van der Waals surface area contributed by atoms with Crippen LogP contribution in [0.2, 0.25) is 0 Å². The molecule has 0 bridgehead atoms. The fourth-order valence-electron chi connectivity index (χ4n) is 2.67. The van der Waals surface area contributed by atoms with Crippen molar-refractivity contribution in [3.8, 4) is 0 Å². The van der Waals surface area contributed by atoms with Gasteiger partial charge in [0.2, 0.25) is 9.84 Å². The maximum atomic E-state index is 12.6. The van der Waals surface area contributed by atoms with Crippen molar-refractivity contribution in [2.24, 2.45) is 0 Å². The van der Waals surface area contributed by atoms with Gasteiger partial charge in [0.15, 0.2) is 5.03 Å². The molecule has 1 aromatic heterocycles. The van der Waals surface area contributed by atoms with Crippen molar-refractivity contribution in [1.29, 1.82) is 0 Å². The van der Waals surface area contributed by atoms with E-state index in [1.54, 1.807) is 24.3 Å². The fourth-order valence-corrected chi connectivity index (χ4v) is 3.84. The van der Waals surface area contributed by atoms with Gasteiger partial charge < -0.3 is 5.32 Å². The van der Waals surface area contributed by atoms with Crippen LogP contribution in [0.1, 0.15) is 41.3 Å². The molecule has 1 heterocycles. The quantitative estimate of drug-likeness (QED) is 0.686. The van der Waals surface area contributed by atoms with Crippen LogP contribution in [0.3, 0.4) is 0 Å². The second-order valence-electron chi connectivity index (χ2n) is 6.93. The first-order valence-electron chi connectivity index (χ1n) is 8.96. The summed E-state index contributed by atoms with van der Waals surface area (Å²) in [5.41, 5.74) is 3.12. The van der Waals surface area contributed by atoms with Crippen LogP contribution in [0.5, 0.6) is 0 Å². The van der Waals surface area contributed by atoms with E-state index >= 15 is 0 Å². The van der Waals surface area contributed by atoms with Crippen molar-refractivity contribution in [1.82, 2.24) is 4.98 Å². The molecule has 3 rings (SSSR count). The standard InChI is InChI=1S/C22H22N2O3S/c1-15(2)17-6-9-19(10-7-17)24-22(25)18-8-13-21(23-14-18)28(26,27)20-11-4-16(3)5-12-20/h4-15H,1-3H3,(H,24,25). The minimum Gasteiger partial charge on any atom is -0.322 e. The summed E-state index contributed by atoms with van der Waals surface area (Å²) in [6.45, 7) is 6.09. The third-order valence-electron chi connectivity index (χ3n) is 4.44. The maximum absolute atomic E-state index is 12.6. The minimum atomic E-state index is -3.71. The van der Waals surface area contributed by atoms with E-state index in [1.165, 1.54) is 23.9 Å². The highest BCUT2D eigenvalue weighted by atomic mass is 32.2. The first-order chi connectivity index (χ1) is 13.3. The van der Waals surface area contributed by atoms with Gasteiger partial charge in [-0.3, -0.25) is 4.79 Å². The predicted molar refractivity (Wildman–Crippen MR) is 109 cm³/mol. The average Bonchev–Trinajstić information content (AvgIpc) is 2.69. The van der Waals surface area contributed by atoms with Gasteiger partial charge in [0, 0.05) is 11.9 Å². The topological polar surface area (TPSA) is 76.1 Å². The van der Waals surface area contributed by atoms with Crippen LogP contribution in [-0.4, -0.2) is 19.3 Å². The highest BCUT2D eigenvalue weighted by Gasteiger charge is 2.19. The summed E-state index contributed by atoms with van der Waals surface area (Å²) >= 11 is 0. The highest BCUT2D eigenvalue weighted by Crippen LogP contribution is 2.20. The lowest BCUT2D eigenvalue weighted by Gasteiger charge is -2.09. The van der Waals surface area contributed by atoms with E-state index < -0.39 is 9.84 Å². The molecule has 5 nitrogen and oxygen atoms in total. The molecule has 3 aromatic rings. The number of anilines is 1. The molecular weight excluding hydrogens is 372 g/mol. The Hall–Kier alpha value is -2.99. The molecule has 0 fully saturated rings. The normalized spacial score (nSPS) is 11.4. The summed E-state index contributed by atoms with van der Waals surface area (Å²) in [6, 6.07) is 17.0. The van der Waals surface area contributed by atoms with E-state index in [0.29, 0.717) is 11.6 Å². The molecule has 0 saturated heterocycles. The molecule has 1 amide bonds. The van der Waals surface area contributed by atoms with Gasteiger partial charge in [0.05, 0.1) is 10.5 Å². The molecule has 6 heteroatoms. The summed E-state index contributed by atoms with van der Waals surface area (Å²) < 4.78 is 25.3. The number of benzene rings is 2. The Bertz CT molecular complexity index is 1070. The van der Waals surface area contributed by atoms with Crippen molar-refractivity contribution >= 4 is 21.4 Å². The highest BCUT2D eigenvalue weighted by molar-refractivity contribution is 7.91. The van der Waals surface area contributed by atoms with Crippen molar-refractivity contribution in [2.45, 2.75) is 36.6 Å². The molecule has 0 aliphatic carbocycles. The molecule has 0 saturated carbocycles. The van der Waals surface area contributed by atoms with Gasteiger partial charge in [0.1, 0.15) is 0 Å². The number of aryl methyl sites for hydroxylation is 1. The predicted octanol–water partition coefficient (Wildman–Crippen LogP) is 4.60. The molecule has 0 aliphatic rings. The number of hydrogen-bond acceptors (Lipinski definition) is 4. The van der Waals surface area contributed by atoms with Crippen LogP contribution in [0, 0.1) is 6.92 Å². The van der Waals surface area contributed by atoms with Gasteiger partial charge in [-0.25, -0.2) is 13.4 Å². The number of aromatic nitrogens is 1. The molecule has 0 radical (unpaired) electrons. The summed E-state index contributed by atoms with van der Waals surface area (Å²) in [5.74, 6) is 0.0704. The summed E-state index contributed by atoms with van der Waals surface area (Å²) in [5, 5.41) is 2.70. The Morgan fingerprint density at radius 1 is 0.929 bits per heavy atom. The zero-order valence-electron chi connectivity index (χ0n) is 16.0. The van der Waals surface area contributed by atoms with E-state index in [0.717, 1.165) is 5.56 Å². The molecule has 2 aromatic carbocycles. The molecule has 0 unspecified atom stereocenters. The Morgan fingerprint density at radius 3 is 2.11 bits per heavy atom. The Kier molecular flexibility index (Phi) is 5.61. The summed E-state index contributed by atoms with van der Waals surface area (Å²) in [4.78, 5) is 16.6. The second kappa shape index (κ2) is 7.94. The molecule has 28 heavy (non-hydrogen) atoms. The monoisotopic (exact) mass is 394 g/mol. The zero-order chi connectivity index (χ0) is 20.3. The lowest BCUT2D eigenvalue weighted by molar-refractivity contribution is 0.102. The zero-order valence-corrected chi connectivity index (χ0v) is 16.8. The lowest BCUT2D eigenvalue weighted by Crippen LogP contribution is -2.13. The number of sulfone groups is 1. The van der Waals surface area contributed by atoms with Crippen LogP contribution in [0.15, 0.2) is 76.8 Å². The number of carbonyl (C=O) groups is 1. The van der Waals surface area contributed by atoms with E-state index in [4.69, 9.17) is 0 Å². The van der Waals surface area contributed by atoms with E-state index in [1.807, 2.05) is 31.2 Å². The van der Waals surface area contributed by atoms with Crippen LogP contribution in [0.4, 0.5) is 5.69 Å². The van der Waals surface area contributed by atoms with Crippen LogP contribution in [-0.2, 0) is 9.84 Å². The van der Waals surface area contributed by atoms with Gasteiger partial charge in [-0.2, -0.15) is 0 Å². The number of amides is 1. The van der Waals surface area contributed by atoms with Crippen LogP contribution < -0.4 is 5.32 Å². The third-order valence-corrected chi connectivity index (χ3v) is 6.13. The van der Waals surface area contributed by atoms with E-state index in [9.17, 15) is 13.2 Å². The molecule has 0 atom stereocenters. The smallest absolute Gasteiger partial charge is 0.257 e. The van der Waals surface area contributed by atoms with Crippen LogP contribution >= 0.6 is 0 Å². The van der Waals surface area contributed by atoms with Gasteiger partial charge >= 0.3 is 0 Å². The summed E-state index contributed by atoms with van der Waals surface area (Å²) in [7, 11) is -3.71. The first-order valence-corrected chi connectivity index (χ1v) is 10.4. The maximum Gasteiger partial charge on any atom is 0.257 e. The third kappa shape index (κ3) is 4.28. The summed E-state index contributed by atoms with van der Waals surface area (Å²) in [6.07, 6.45) is 1.28. The van der Waals surface area contributed by atoms with E-state index in [2.05, 4.69) is 24.1 Å². The Morgan fingerprint density at radius 2 is 1.57 bits per heavy atom. The molecule has 144 valence electrons.